The summed E-state index contributed by atoms with van der Waals surface area (Å²) >= 11 is 3.37. The van der Waals surface area contributed by atoms with Crippen LogP contribution in [0.3, 0.4) is 0 Å². The average molecular weight is 343 g/mol. The zero-order valence-corrected chi connectivity index (χ0v) is 12.1. The van der Waals surface area contributed by atoms with Crippen LogP contribution in [0.15, 0.2) is 52.1 Å². The third-order valence-electron chi connectivity index (χ3n) is 3.15. The molecule has 0 aliphatic carbocycles. The van der Waals surface area contributed by atoms with Gasteiger partial charge in [-0.25, -0.2) is 0 Å². The summed E-state index contributed by atoms with van der Waals surface area (Å²) in [6.07, 6.45) is 3.07. The molecule has 0 aliphatic rings. The minimum Gasteiger partial charge on any atom is -0.282 e. The summed E-state index contributed by atoms with van der Waals surface area (Å²) in [4.78, 5) is 16.5. The smallest absolute Gasteiger partial charge is 0.282 e. The number of rotatable bonds is 1. The van der Waals surface area contributed by atoms with Gasteiger partial charge in [0.25, 0.3) is 11.3 Å². The Balaban J connectivity index is 2.04. The third kappa shape index (κ3) is 1.83. The number of nitrogens with zero attached hydrogens (tertiary/aromatic N) is 6. The van der Waals surface area contributed by atoms with Crippen LogP contribution >= 0.6 is 15.9 Å². The van der Waals surface area contributed by atoms with Crippen LogP contribution in [-0.4, -0.2) is 29.4 Å². The first-order valence-corrected chi connectivity index (χ1v) is 6.87. The first-order chi connectivity index (χ1) is 10.2. The summed E-state index contributed by atoms with van der Waals surface area (Å²) in [6, 6.07) is 9.21. The van der Waals surface area contributed by atoms with Gasteiger partial charge in [-0.1, -0.05) is 15.9 Å². The Morgan fingerprint density at radius 2 is 1.86 bits per heavy atom. The van der Waals surface area contributed by atoms with Crippen molar-refractivity contribution in [1.29, 1.82) is 0 Å². The van der Waals surface area contributed by atoms with Crippen molar-refractivity contribution < 1.29 is 0 Å². The first kappa shape index (κ1) is 12.2. The van der Waals surface area contributed by atoms with Crippen LogP contribution in [0.1, 0.15) is 0 Å². The molecule has 3 aromatic heterocycles. The summed E-state index contributed by atoms with van der Waals surface area (Å²) in [5, 5.41) is 11.9. The predicted octanol–water partition coefficient (Wildman–Crippen LogP) is 1.59. The molecular weight excluding hydrogens is 336 g/mol. The highest BCUT2D eigenvalue weighted by Crippen LogP contribution is 2.14. The molecule has 0 amide bonds. The SMILES string of the molecule is O=c1c2nnc3ncnn3c2ccn1-c1ccc(Br)cc1. The highest BCUT2D eigenvalue weighted by molar-refractivity contribution is 9.10. The summed E-state index contributed by atoms with van der Waals surface area (Å²) in [5.41, 5.74) is 1.33. The normalized spacial score (nSPS) is 11.3. The molecule has 8 heteroatoms. The van der Waals surface area contributed by atoms with Crippen molar-refractivity contribution >= 4 is 32.7 Å². The highest BCUT2D eigenvalue weighted by Gasteiger charge is 2.10. The first-order valence-electron chi connectivity index (χ1n) is 6.08. The number of pyridine rings is 1. The summed E-state index contributed by atoms with van der Waals surface area (Å²) in [5.74, 6) is 0.364. The minimum absolute atomic E-state index is 0.249. The molecule has 1 aromatic carbocycles. The molecule has 0 radical (unpaired) electrons. The van der Waals surface area contributed by atoms with Crippen LogP contribution in [0, 0.1) is 0 Å². The summed E-state index contributed by atoms with van der Waals surface area (Å²) < 4.78 is 3.96. The van der Waals surface area contributed by atoms with Crippen LogP contribution < -0.4 is 5.56 Å². The van der Waals surface area contributed by atoms with Crippen molar-refractivity contribution in [3.63, 3.8) is 0 Å². The zero-order valence-electron chi connectivity index (χ0n) is 10.5. The van der Waals surface area contributed by atoms with E-state index in [0.717, 1.165) is 10.2 Å². The topological polar surface area (TPSA) is 78.0 Å². The van der Waals surface area contributed by atoms with E-state index in [0.29, 0.717) is 11.3 Å². The van der Waals surface area contributed by atoms with Gasteiger partial charge in [-0.15, -0.1) is 10.2 Å². The molecule has 4 aromatic rings. The zero-order chi connectivity index (χ0) is 14.4. The van der Waals surface area contributed by atoms with Gasteiger partial charge in [-0.2, -0.15) is 14.6 Å². The molecule has 7 nitrogen and oxygen atoms in total. The lowest BCUT2D eigenvalue weighted by Crippen LogP contribution is -2.20. The maximum atomic E-state index is 12.6. The quantitative estimate of drug-likeness (QED) is 0.524. The third-order valence-corrected chi connectivity index (χ3v) is 3.68. The molecule has 21 heavy (non-hydrogen) atoms. The van der Waals surface area contributed by atoms with E-state index in [1.807, 2.05) is 24.3 Å². The lowest BCUT2D eigenvalue weighted by molar-refractivity contribution is 0.914. The monoisotopic (exact) mass is 342 g/mol. The van der Waals surface area contributed by atoms with Gasteiger partial charge in [0.2, 0.25) is 0 Å². The average Bonchev–Trinajstić information content (AvgIpc) is 2.97. The van der Waals surface area contributed by atoms with Gasteiger partial charge >= 0.3 is 0 Å². The Kier molecular flexibility index (Phi) is 2.58. The van der Waals surface area contributed by atoms with E-state index < -0.39 is 0 Å². The van der Waals surface area contributed by atoms with Crippen LogP contribution in [-0.2, 0) is 0 Å². The number of hydrogen-bond donors (Lipinski definition) is 0. The van der Waals surface area contributed by atoms with Crippen molar-refractivity contribution in [2.75, 3.05) is 0 Å². The second-order valence-corrected chi connectivity index (χ2v) is 5.29. The molecule has 0 fully saturated rings. The Labute approximate surface area is 126 Å². The number of halogens is 1. The van der Waals surface area contributed by atoms with E-state index in [1.165, 1.54) is 15.4 Å². The summed E-state index contributed by atoms with van der Waals surface area (Å²) in [7, 11) is 0. The van der Waals surface area contributed by atoms with Crippen molar-refractivity contribution in [3.05, 3.63) is 57.7 Å². The molecule has 0 bridgehead atoms. The molecular formula is C13H7BrN6O. The van der Waals surface area contributed by atoms with Gasteiger partial charge < -0.3 is 0 Å². The molecule has 0 saturated carbocycles. The fourth-order valence-corrected chi connectivity index (χ4v) is 2.42. The van der Waals surface area contributed by atoms with E-state index in [4.69, 9.17) is 0 Å². The number of aromatic nitrogens is 6. The molecule has 0 unspecified atom stereocenters. The minimum atomic E-state index is -0.250. The molecule has 0 spiro atoms. The fourth-order valence-electron chi connectivity index (χ4n) is 2.15. The Hall–Kier alpha value is -2.61. The van der Waals surface area contributed by atoms with Crippen LogP contribution in [0.2, 0.25) is 0 Å². The number of benzene rings is 1. The van der Waals surface area contributed by atoms with E-state index in [1.54, 1.807) is 12.3 Å². The van der Waals surface area contributed by atoms with Gasteiger partial charge in [-0.05, 0) is 30.3 Å². The Morgan fingerprint density at radius 3 is 2.67 bits per heavy atom. The van der Waals surface area contributed by atoms with Crippen molar-refractivity contribution in [3.8, 4) is 5.69 Å². The van der Waals surface area contributed by atoms with Crippen LogP contribution in [0.25, 0.3) is 22.5 Å². The van der Waals surface area contributed by atoms with Gasteiger partial charge in [0.1, 0.15) is 11.8 Å². The van der Waals surface area contributed by atoms with Gasteiger partial charge in [0.05, 0.1) is 0 Å². The predicted molar refractivity (Wildman–Crippen MR) is 79.4 cm³/mol. The maximum absolute atomic E-state index is 12.6. The molecule has 0 atom stereocenters. The van der Waals surface area contributed by atoms with E-state index in [-0.39, 0.29) is 11.1 Å². The van der Waals surface area contributed by atoms with Gasteiger partial charge in [-0.3, -0.25) is 9.36 Å². The van der Waals surface area contributed by atoms with Gasteiger partial charge in [0, 0.05) is 16.4 Å². The number of fused-ring (bicyclic) bond motifs is 3. The Bertz CT molecular complexity index is 1020. The lowest BCUT2D eigenvalue weighted by atomic mass is 10.3. The second-order valence-electron chi connectivity index (χ2n) is 4.37. The van der Waals surface area contributed by atoms with Crippen molar-refractivity contribution in [2.24, 2.45) is 0 Å². The Morgan fingerprint density at radius 1 is 1.05 bits per heavy atom. The lowest BCUT2D eigenvalue weighted by Gasteiger charge is -2.07. The molecule has 3 heterocycles. The van der Waals surface area contributed by atoms with Crippen molar-refractivity contribution in [2.45, 2.75) is 0 Å². The molecule has 0 saturated heterocycles. The van der Waals surface area contributed by atoms with E-state index in [9.17, 15) is 4.79 Å². The van der Waals surface area contributed by atoms with E-state index in [2.05, 4.69) is 36.2 Å². The van der Waals surface area contributed by atoms with Crippen LogP contribution in [0.4, 0.5) is 0 Å². The molecule has 0 N–H and O–H groups in total. The standard InChI is InChI=1S/C13H7BrN6O/c14-8-1-3-9(4-2-8)19-6-5-10-11(12(19)21)17-18-13-15-7-16-20(10)13/h1-7H. The molecule has 102 valence electrons. The maximum Gasteiger partial charge on any atom is 0.285 e. The molecule has 4 rings (SSSR count). The summed E-state index contributed by atoms with van der Waals surface area (Å²) in [6.45, 7) is 0. The van der Waals surface area contributed by atoms with Crippen molar-refractivity contribution in [1.82, 2.24) is 29.4 Å². The molecule has 0 aliphatic heterocycles. The second kappa shape index (κ2) is 4.45. The van der Waals surface area contributed by atoms with Gasteiger partial charge in [0.15, 0.2) is 5.52 Å². The van der Waals surface area contributed by atoms with Crippen LogP contribution in [0.5, 0.6) is 0 Å². The number of hydrogen-bond acceptors (Lipinski definition) is 5. The highest BCUT2D eigenvalue weighted by atomic mass is 79.9. The fraction of sp³-hybridized carbons (Fsp3) is 0. The van der Waals surface area contributed by atoms with E-state index >= 15 is 0 Å². The largest absolute Gasteiger partial charge is 0.285 e.